The number of nitrogens with zero attached hydrogens (tertiary/aromatic N) is 1. The lowest BCUT2D eigenvalue weighted by Crippen LogP contribution is -2.50. The fourth-order valence-corrected chi connectivity index (χ4v) is 2.55. The lowest BCUT2D eigenvalue weighted by Gasteiger charge is -2.33. The van der Waals surface area contributed by atoms with Crippen LogP contribution in [0.2, 0.25) is 0 Å². The number of piperidine rings is 1. The van der Waals surface area contributed by atoms with Gasteiger partial charge in [0.25, 0.3) is 0 Å². The number of nitrogens with one attached hydrogen (secondary N) is 2. The van der Waals surface area contributed by atoms with Crippen molar-refractivity contribution in [3.05, 3.63) is 35.9 Å². The van der Waals surface area contributed by atoms with Crippen molar-refractivity contribution in [2.24, 2.45) is 0 Å². The second-order valence-corrected chi connectivity index (χ2v) is 5.28. The minimum Gasteiger partial charge on any atom is -0.480 e. The molecule has 1 unspecified atom stereocenters. The van der Waals surface area contributed by atoms with Crippen LogP contribution in [-0.4, -0.2) is 47.7 Å². The summed E-state index contributed by atoms with van der Waals surface area (Å²) in [6, 6.07) is 9.88. The maximum absolute atomic E-state index is 11.6. The van der Waals surface area contributed by atoms with Gasteiger partial charge in [-0.1, -0.05) is 30.3 Å². The van der Waals surface area contributed by atoms with Crippen LogP contribution in [0.5, 0.6) is 0 Å². The Labute approximate surface area is 124 Å². The normalized spacial score (nSPS) is 19.0. The van der Waals surface area contributed by atoms with E-state index < -0.39 is 12.0 Å². The van der Waals surface area contributed by atoms with Crippen LogP contribution in [0.25, 0.3) is 0 Å². The lowest BCUT2D eigenvalue weighted by molar-refractivity contribution is -0.135. The summed E-state index contributed by atoms with van der Waals surface area (Å²) in [6.07, 6.45) is 1.95. The quantitative estimate of drug-likeness (QED) is 0.757. The topological polar surface area (TPSA) is 81.7 Å². The third-order valence-electron chi connectivity index (χ3n) is 3.49. The number of urea groups is 1. The van der Waals surface area contributed by atoms with Crippen molar-refractivity contribution in [3.63, 3.8) is 0 Å². The van der Waals surface area contributed by atoms with Gasteiger partial charge in [0.15, 0.2) is 0 Å². The first-order chi connectivity index (χ1) is 10.1. The lowest BCUT2D eigenvalue weighted by atomic mass is 10.0. The summed E-state index contributed by atoms with van der Waals surface area (Å²) in [5, 5.41) is 13.7. The van der Waals surface area contributed by atoms with E-state index in [4.69, 9.17) is 5.11 Å². The molecule has 2 amide bonds. The number of aliphatic carboxylic acids is 1. The van der Waals surface area contributed by atoms with Gasteiger partial charge >= 0.3 is 12.0 Å². The summed E-state index contributed by atoms with van der Waals surface area (Å²) in [6.45, 7) is 2.32. The van der Waals surface area contributed by atoms with E-state index in [9.17, 15) is 9.59 Å². The van der Waals surface area contributed by atoms with E-state index in [1.165, 1.54) is 5.56 Å². The second-order valence-electron chi connectivity index (χ2n) is 5.28. The minimum atomic E-state index is -1.04. The van der Waals surface area contributed by atoms with Crippen molar-refractivity contribution in [2.75, 3.05) is 19.6 Å². The van der Waals surface area contributed by atoms with Gasteiger partial charge in [0.2, 0.25) is 0 Å². The summed E-state index contributed by atoms with van der Waals surface area (Å²) in [5.74, 6) is -1.04. The zero-order valence-corrected chi connectivity index (χ0v) is 11.9. The molecule has 0 aromatic heterocycles. The van der Waals surface area contributed by atoms with E-state index in [1.54, 1.807) is 0 Å². The first-order valence-electron chi connectivity index (χ1n) is 7.16. The van der Waals surface area contributed by atoms with Gasteiger partial charge in [-0.25, -0.2) is 4.79 Å². The van der Waals surface area contributed by atoms with Crippen LogP contribution in [0.4, 0.5) is 4.79 Å². The minimum absolute atomic E-state index is 0.0660. The molecule has 0 spiro atoms. The third-order valence-corrected chi connectivity index (χ3v) is 3.49. The van der Waals surface area contributed by atoms with E-state index in [1.807, 2.05) is 18.2 Å². The van der Waals surface area contributed by atoms with Crippen LogP contribution in [0.3, 0.4) is 0 Å². The Hall–Kier alpha value is -2.08. The fraction of sp³-hybridized carbons (Fsp3) is 0.467. The number of amides is 2. The average molecular weight is 291 g/mol. The van der Waals surface area contributed by atoms with Gasteiger partial charge in [-0.3, -0.25) is 9.69 Å². The number of carbonyl (C=O) groups excluding carboxylic acids is 1. The molecule has 0 aliphatic carbocycles. The van der Waals surface area contributed by atoms with Gasteiger partial charge in [0.1, 0.15) is 6.54 Å². The largest absolute Gasteiger partial charge is 0.480 e. The van der Waals surface area contributed by atoms with Gasteiger partial charge in [-0.15, -0.1) is 0 Å². The molecular weight excluding hydrogens is 270 g/mol. The van der Waals surface area contributed by atoms with Crippen LogP contribution in [0.15, 0.2) is 30.3 Å². The van der Waals surface area contributed by atoms with Crippen molar-refractivity contribution in [3.8, 4) is 0 Å². The molecule has 1 aromatic carbocycles. The van der Waals surface area contributed by atoms with Gasteiger partial charge < -0.3 is 15.7 Å². The molecule has 21 heavy (non-hydrogen) atoms. The number of carboxylic acid groups (broad SMARTS) is 1. The van der Waals surface area contributed by atoms with Gasteiger partial charge in [0.05, 0.1) is 0 Å². The van der Waals surface area contributed by atoms with Crippen LogP contribution >= 0.6 is 0 Å². The fourth-order valence-electron chi connectivity index (χ4n) is 2.55. The van der Waals surface area contributed by atoms with Gasteiger partial charge in [-0.2, -0.15) is 0 Å². The molecule has 3 N–H and O–H groups in total. The summed E-state index contributed by atoms with van der Waals surface area (Å²) in [5.41, 5.74) is 1.26. The molecule has 1 aliphatic rings. The standard InChI is InChI=1S/C15H21N3O3/c19-14(20)9-16-15(21)17-13-7-4-8-18(11-13)10-12-5-2-1-3-6-12/h1-3,5-6,13H,4,7-11H2,(H,19,20)(H2,16,17,21). The summed E-state index contributed by atoms with van der Waals surface area (Å²) in [7, 11) is 0. The van der Waals surface area contributed by atoms with E-state index in [-0.39, 0.29) is 12.6 Å². The average Bonchev–Trinajstić information content (AvgIpc) is 2.46. The SMILES string of the molecule is O=C(O)CNC(=O)NC1CCCN(Cc2ccccc2)C1. The number of rotatable bonds is 5. The van der Waals surface area contributed by atoms with Crippen molar-refractivity contribution in [1.29, 1.82) is 0 Å². The molecule has 1 aliphatic heterocycles. The highest BCUT2D eigenvalue weighted by atomic mass is 16.4. The van der Waals surface area contributed by atoms with Crippen LogP contribution < -0.4 is 10.6 Å². The number of carboxylic acids is 1. The molecular formula is C15H21N3O3. The number of hydrogen-bond donors (Lipinski definition) is 3. The van der Waals surface area contributed by atoms with Crippen LogP contribution in [-0.2, 0) is 11.3 Å². The molecule has 1 atom stereocenters. The molecule has 1 saturated heterocycles. The molecule has 2 rings (SSSR count). The number of carbonyl (C=O) groups is 2. The third kappa shape index (κ3) is 5.43. The zero-order chi connectivity index (χ0) is 15.1. The monoisotopic (exact) mass is 291 g/mol. The molecule has 6 heteroatoms. The highest BCUT2D eigenvalue weighted by Gasteiger charge is 2.21. The number of benzene rings is 1. The maximum atomic E-state index is 11.6. The molecule has 0 saturated carbocycles. The van der Waals surface area contributed by atoms with Gasteiger partial charge in [0, 0.05) is 19.1 Å². The Morgan fingerprint density at radius 3 is 2.76 bits per heavy atom. The van der Waals surface area contributed by atoms with E-state index in [0.717, 1.165) is 32.5 Å². The maximum Gasteiger partial charge on any atom is 0.323 e. The summed E-state index contributed by atoms with van der Waals surface area (Å²) in [4.78, 5) is 24.3. The van der Waals surface area contributed by atoms with Gasteiger partial charge in [-0.05, 0) is 24.9 Å². The van der Waals surface area contributed by atoms with Crippen LogP contribution in [0, 0.1) is 0 Å². The first kappa shape index (κ1) is 15.3. The molecule has 0 bridgehead atoms. The predicted octanol–water partition coefficient (Wildman–Crippen LogP) is 1.03. The zero-order valence-electron chi connectivity index (χ0n) is 11.9. The van der Waals surface area contributed by atoms with E-state index in [2.05, 4.69) is 27.7 Å². The first-order valence-corrected chi connectivity index (χ1v) is 7.16. The molecule has 6 nitrogen and oxygen atoms in total. The van der Waals surface area contributed by atoms with E-state index in [0.29, 0.717) is 0 Å². The second kappa shape index (κ2) is 7.64. The Balaban J connectivity index is 1.78. The highest BCUT2D eigenvalue weighted by molar-refractivity contribution is 5.79. The Bertz CT molecular complexity index is 478. The molecule has 114 valence electrons. The molecule has 1 heterocycles. The summed E-state index contributed by atoms with van der Waals surface area (Å²) < 4.78 is 0. The van der Waals surface area contributed by atoms with E-state index >= 15 is 0 Å². The number of hydrogen-bond acceptors (Lipinski definition) is 3. The predicted molar refractivity (Wildman–Crippen MR) is 78.9 cm³/mol. The van der Waals surface area contributed by atoms with Crippen molar-refractivity contribution < 1.29 is 14.7 Å². The smallest absolute Gasteiger partial charge is 0.323 e. The Kier molecular flexibility index (Phi) is 5.57. The number of likely N-dealkylation sites (tertiary alicyclic amines) is 1. The van der Waals surface area contributed by atoms with Crippen molar-refractivity contribution >= 4 is 12.0 Å². The molecule has 1 aromatic rings. The Morgan fingerprint density at radius 2 is 2.05 bits per heavy atom. The van der Waals surface area contributed by atoms with Crippen LogP contribution in [0.1, 0.15) is 18.4 Å². The highest BCUT2D eigenvalue weighted by Crippen LogP contribution is 2.13. The molecule has 0 radical (unpaired) electrons. The summed E-state index contributed by atoms with van der Waals surface area (Å²) >= 11 is 0. The molecule has 1 fully saturated rings. The van der Waals surface area contributed by atoms with Crippen molar-refractivity contribution in [1.82, 2.24) is 15.5 Å². The Morgan fingerprint density at radius 1 is 1.29 bits per heavy atom. The van der Waals surface area contributed by atoms with Crippen molar-refractivity contribution in [2.45, 2.75) is 25.4 Å².